The van der Waals surface area contributed by atoms with E-state index in [1.54, 1.807) is 18.2 Å². The molecule has 0 N–H and O–H groups in total. The summed E-state index contributed by atoms with van der Waals surface area (Å²) in [5.74, 6) is 5.83. The second-order valence-electron chi connectivity index (χ2n) is 3.10. The lowest BCUT2D eigenvalue weighted by Gasteiger charge is -2.17. The zero-order chi connectivity index (χ0) is 11.4. The summed E-state index contributed by atoms with van der Waals surface area (Å²) in [7, 11) is 1.29. The van der Waals surface area contributed by atoms with Crippen LogP contribution in [-0.2, 0) is 9.53 Å². The third-order valence-electron chi connectivity index (χ3n) is 2.04. The Balaban J connectivity index is 2.22. The van der Waals surface area contributed by atoms with Crippen LogP contribution in [0.4, 0.5) is 0 Å². The zero-order valence-electron chi connectivity index (χ0n) is 8.78. The number of hydrogen-bond acceptors (Lipinski definition) is 4. The van der Waals surface area contributed by atoms with Gasteiger partial charge in [0.05, 0.1) is 7.11 Å². The first-order valence-corrected chi connectivity index (χ1v) is 4.79. The molecule has 0 saturated carbocycles. The molecule has 0 aromatic heterocycles. The second kappa shape index (κ2) is 4.58. The first-order chi connectivity index (χ1) is 7.79. The van der Waals surface area contributed by atoms with Crippen molar-refractivity contribution in [3.63, 3.8) is 0 Å². The highest BCUT2D eigenvalue weighted by Gasteiger charge is 2.10. The topological polar surface area (TPSA) is 44.8 Å². The van der Waals surface area contributed by atoms with E-state index < -0.39 is 5.97 Å². The van der Waals surface area contributed by atoms with E-state index in [0.717, 1.165) is 0 Å². The molecule has 1 aromatic rings. The first-order valence-electron chi connectivity index (χ1n) is 4.79. The third kappa shape index (κ3) is 2.26. The fourth-order valence-corrected chi connectivity index (χ4v) is 1.30. The fourth-order valence-electron chi connectivity index (χ4n) is 1.30. The van der Waals surface area contributed by atoms with Gasteiger partial charge in [-0.3, -0.25) is 0 Å². The minimum absolute atomic E-state index is 0.529. The number of carbonyl (C=O) groups excluding carboxylic acids is 1. The molecule has 0 saturated heterocycles. The van der Waals surface area contributed by atoms with Crippen molar-refractivity contribution in [2.75, 3.05) is 20.3 Å². The predicted molar refractivity (Wildman–Crippen MR) is 56.3 cm³/mol. The van der Waals surface area contributed by atoms with Crippen LogP contribution in [0.25, 0.3) is 0 Å². The molecule has 1 heterocycles. The van der Waals surface area contributed by atoms with Crippen LogP contribution < -0.4 is 9.47 Å². The normalized spacial score (nSPS) is 12.3. The molecule has 0 amide bonds. The van der Waals surface area contributed by atoms with Crippen LogP contribution in [0.2, 0.25) is 0 Å². The first kappa shape index (κ1) is 10.4. The van der Waals surface area contributed by atoms with E-state index in [9.17, 15) is 4.79 Å². The molecule has 0 aliphatic carbocycles. The van der Waals surface area contributed by atoms with Crippen LogP contribution in [0.3, 0.4) is 0 Å². The monoisotopic (exact) mass is 218 g/mol. The van der Waals surface area contributed by atoms with Gasteiger partial charge >= 0.3 is 5.97 Å². The van der Waals surface area contributed by atoms with Gasteiger partial charge in [-0.25, -0.2) is 4.79 Å². The number of fused-ring (bicyclic) bond motifs is 1. The lowest BCUT2D eigenvalue weighted by Crippen LogP contribution is -2.15. The molecule has 16 heavy (non-hydrogen) atoms. The summed E-state index contributed by atoms with van der Waals surface area (Å²) in [6.45, 7) is 1.08. The molecule has 4 nitrogen and oxygen atoms in total. The largest absolute Gasteiger partial charge is 0.486 e. The number of rotatable bonds is 0. The second-order valence-corrected chi connectivity index (χ2v) is 3.10. The van der Waals surface area contributed by atoms with Crippen molar-refractivity contribution < 1.29 is 19.0 Å². The van der Waals surface area contributed by atoms with Crippen LogP contribution in [0, 0.1) is 11.8 Å². The maximum absolute atomic E-state index is 10.8. The van der Waals surface area contributed by atoms with Crippen molar-refractivity contribution in [1.29, 1.82) is 0 Å². The highest BCUT2D eigenvalue weighted by molar-refractivity contribution is 5.89. The Kier molecular flexibility index (Phi) is 2.97. The van der Waals surface area contributed by atoms with Crippen LogP contribution in [0.15, 0.2) is 18.2 Å². The fraction of sp³-hybridized carbons (Fsp3) is 0.250. The molecule has 1 aromatic carbocycles. The summed E-state index contributed by atoms with van der Waals surface area (Å²) in [6, 6.07) is 5.28. The van der Waals surface area contributed by atoms with E-state index in [1.165, 1.54) is 7.11 Å². The van der Waals surface area contributed by atoms with Gasteiger partial charge in [0.2, 0.25) is 0 Å². The summed E-state index contributed by atoms with van der Waals surface area (Å²) in [5, 5.41) is 0. The van der Waals surface area contributed by atoms with Crippen LogP contribution in [0.1, 0.15) is 5.56 Å². The summed E-state index contributed by atoms with van der Waals surface area (Å²) in [5.41, 5.74) is 0.689. The third-order valence-corrected chi connectivity index (χ3v) is 2.04. The molecule has 0 atom stereocenters. The maximum atomic E-state index is 10.8. The molecule has 0 bridgehead atoms. The van der Waals surface area contributed by atoms with E-state index in [0.29, 0.717) is 30.3 Å². The van der Waals surface area contributed by atoms with E-state index in [4.69, 9.17) is 9.47 Å². The highest BCUT2D eigenvalue weighted by atomic mass is 16.6. The molecule has 1 aliphatic rings. The molecule has 4 heteroatoms. The maximum Gasteiger partial charge on any atom is 0.384 e. The number of hydrogen-bond donors (Lipinski definition) is 0. The summed E-state index contributed by atoms with van der Waals surface area (Å²) < 4.78 is 15.2. The number of methoxy groups -OCH3 is 1. The van der Waals surface area contributed by atoms with Gasteiger partial charge in [-0.05, 0) is 18.2 Å². The van der Waals surface area contributed by atoms with Gasteiger partial charge in [0, 0.05) is 11.5 Å². The summed E-state index contributed by atoms with van der Waals surface area (Å²) in [6.07, 6.45) is 0. The average Bonchev–Trinajstić information content (AvgIpc) is 2.35. The van der Waals surface area contributed by atoms with Gasteiger partial charge in [0.15, 0.2) is 11.5 Å². The van der Waals surface area contributed by atoms with Gasteiger partial charge in [-0.1, -0.05) is 5.92 Å². The molecular formula is C12H10O4. The Hall–Kier alpha value is -2.15. The van der Waals surface area contributed by atoms with E-state index in [2.05, 4.69) is 16.6 Å². The molecule has 0 radical (unpaired) electrons. The Labute approximate surface area is 93.1 Å². The smallest absolute Gasteiger partial charge is 0.384 e. The molecule has 82 valence electrons. The molecule has 2 rings (SSSR count). The van der Waals surface area contributed by atoms with Crippen LogP contribution in [0.5, 0.6) is 11.5 Å². The van der Waals surface area contributed by atoms with E-state index in [-0.39, 0.29) is 0 Å². The Morgan fingerprint density at radius 3 is 2.81 bits per heavy atom. The van der Waals surface area contributed by atoms with E-state index >= 15 is 0 Å². The van der Waals surface area contributed by atoms with Crippen molar-refractivity contribution >= 4 is 5.97 Å². The van der Waals surface area contributed by atoms with Gasteiger partial charge < -0.3 is 14.2 Å². The van der Waals surface area contributed by atoms with Crippen molar-refractivity contribution in [2.24, 2.45) is 0 Å². The quantitative estimate of drug-likeness (QED) is 0.481. The van der Waals surface area contributed by atoms with Crippen LogP contribution in [-0.4, -0.2) is 26.3 Å². The van der Waals surface area contributed by atoms with Crippen molar-refractivity contribution in [2.45, 2.75) is 0 Å². The standard InChI is InChI=1S/C12H10O4/c1-14-12(13)5-3-9-2-4-10-11(8-9)16-7-6-15-10/h2,4,8H,6-7H2,1H3. The number of esters is 1. The number of carbonyl (C=O) groups is 1. The number of benzene rings is 1. The van der Waals surface area contributed by atoms with Gasteiger partial charge in [0.25, 0.3) is 0 Å². The number of ether oxygens (including phenoxy) is 3. The average molecular weight is 218 g/mol. The SMILES string of the molecule is COC(=O)C#Cc1ccc2c(c1)OCCO2. The predicted octanol–water partition coefficient (Wildman–Crippen LogP) is 0.982. The molecule has 0 spiro atoms. The molecule has 0 fully saturated rings. The van der Waals surface area contributed by atoms with Crippen molar-refractivity contribution in [3.8, 4) is 23.3 Å². The Morgan fingerprint density at radius 2 is 2.06 bits per heavy atom. The lowest BCUT2D eigenvalue weighted by molar-refractivity contribution is -0.133. The molecule has 1 aliphatic heterocycles. The van der Waals surface area contributed by atoms with E-state index in [1.807, 2.05) is 0 Å². The minimum Gasteiger partial charge on any atom is -0.486 e. The Bertz CT molecular complexity index is 468. The van der Waals surface area contributed by atoms with Crippen molar-refractivity contribution in [3.05, 3.63) is 23.8 Å². The summed E-state index contributed by atoms with van der Waals surface area (Å²) in [4.78, 5) is 10.8. The molecule has 0 unspecified atom stereocenters. The van der Waals surface area contributed by atoms with Crippen LogP contribution >= 0.6 is 0 Å². The summed E-state index contributed by atoms with van der Waals surface area (Å²) >= 11 is 0. The van der Waals surface area contributed by atoms with Gasteiger partial charge in [-0.15, -0.1) is 0 Å². The highest BCUT2D eigenvalue weighted by Crippen LogP contribution is 2.30. The zero-order valence-corrected chi connectivity index (χ0v) is 8.78. The van der Waals surface area contributed by atoms with Gasteiger partial charge in [-0.2, -0.15) is 0 Å². The lowest BCUT2D eigenvalue weighted by atomic mass is 10.2. The minimum atomic E-state index is -0.560. The van der Waals surface area contributed by atoms with Gasteiger partial charge in [0.1, 0.15) is 13.2 Å². The van der Waals surface area contributed by atoms with Crippen molar-refractivity contribution in [1.82, 2.24) is 0 Å². The molecular weight excluding hydrogens is 208 g/mol. The Morgan fingerprint density at radius 1 is 1.31 bits per heavy atom.